The van der Waals surface area contributed by atoms with Crippen molar-refractivity contribution >= 4 is 21.6 Å². The van der Waals surface area contributed by atoms with Gasteiger partial charge in [-0.25, -0.2) is 13.8 Å². The van der Waals surface area contributed by atoms with Gasteiger partial charge in [-0.2, -0.15) is 9.41 Å². The summed E-state index contributed by atoms with van der Waals surface area (Å²) in [5, 5.41) is 4.32. The Kier molecular flexibility index (Phi) is 5.49. The summed E-state index contributed by atoms with van der Waals surface area (Å²) in [6.07, 6.45) is 2.29. The molecule has 0 aliphatic carbocycles. The average molecular weight is 371 g/mol. The summed E-state index contributed by atoms with van der Waals surface area (Å²) in [6, 6.07) is 18.4. The maximum atomic E-state index is 12.5. The molecule has 0 saturated carbocycles. The van der Waals surface area contributed by atoms with Crippen molar-refractivity contribution in [2.24, 2.45) is 5.10 Å². The highest BCUT2D eigenvalue weighted by atomic mass is 32.2. The third kappa shape index (κ3) is 4.17. The molecule has 0 radical (unpaired) electrons. The molecular formula is C19H21N3O3S. The number of amides is 1. The molecule has 1 saturated heterocycles. The molecule has 7 heteroatoms. The summed E-state index contributed by atoms with van der Waals surface area (Å²) in [7, 11) is -3.42. The van der Waals surface area contributed by atoms with Gasteiger partial charge in [0.05, 0.1) is 12.0 Å². The Morgan fingerprint density at radius 3 is 2.08 bits per heavy atom. The second-order valence-corrected chi connectivity index (χ2v) is 8.14. The Morgan fingerprint density at radius 1 is 1.04 bits per heavy atom. The predicted octanol–water partition coefficient (Wildman–Crippen LogP) is 1.98. The summed E-state index contributed by atoms with van der Waals surface area (Å²) in [5.41, 5.74) is 4.93. The van der Waals surface area contributed by atoms with E-state index in [1.807, 2.05) is 60.7 Å². The number of hydrogen-bond donors (Lipinski definition) is 1. The van der Waals surface area contributed by atoms with Gasteiger partial charge in [0.15, 0.2) is 0 Å². The van der Waals surface area contributed by atoms with E-state index in [1.54, 1.807) is 0 Å². The molecule has 1 aliphatic heterocycles. The van der Waals surface area contributed by atoms with Crippen LogP contribution in [0.3, 0.4) is 0 Å². The normalized spacial score (nSPS) is 17.7. The Bertz CT molecular complexity index is 855. The highest BCUT2D eigenvalue weighted by molar-refractivity contribution is 7.88. The first-order valence-corrected chi connectivity index (χ1v) is 10.3. The first-order valence-electron chi connectivity index (χ1n) is 8.42. The zero-order valence-corrected chi connectivity index (χ0v) is 15.3. The van der Waals surface area contributed by atoms with E-state index in [4.69, 9.17) is 0 Å². The van der Waals surface area contributed by atoms with Crippen molar-refractivity contribution in [3.05, 3.63) is 71.8 Å². The summed E-state index contributed by atoms with van der Waals surface area (Å²) >= 11 is 0. The molecule has 2 aromatic carbocycles. The first-order chi connectivity index (χ1) is 12.5. The predicted molar refractivity (Wildman–Crippen MR) is 101 cm³/mol. The molecule has 0 bridgehead atoms. The molecule has 2 aromatic rings. The lowest BCUT2D eigenvalue weighted by Crippen LogP contribution is -2.44. The van der Waals surface area contributed by atoms with E-state index in [0.29, 0.717) is 25.1 Å². The standard InChI is InChI=1S/C19H21N3O3S/c1-26(24,25)22-14-8-13-17(22)19(23)21-20-18(15-9-4-2-5-10-15)16-11-6-3-7-12-16/h2-7,9-12,17H,8,13-14H2,1H3,(H,21,23)/t17-/m0/s1. The number of hydrogen-bond acceptors (Lipinski definition) is 4. The summed E-state index contributed by atoms with van der Waals surface area (Å²) in [4.78, 5) is 12.5. The summed E-state index contributed by atoms with van der Waals surface area (Å²) < 4.78 is 24.9. The van der Waals surface area contributed by atoms with Crippen LogP contribution in [0, 0.1) is 0 Å². The van der Waals surface area contributed by atoms with Gasteiger partial charge < -0.3 is 0 Å². The lowest BCUT2D eigenvalue weighted by molar-refractivity contribution is -0.124. The second kappa shape index (κ2) is 7.80. The SMILES string of the molecule is CS(=O)(=O)N1CCC[C@H]1C(=O)NN=C(c1ccccc1)c1ccccc1. The lowest BCUT2D eigenvalue weighted by Gasteiger charge is -2.20. The molecular weight excluding hydrogens is 350 g/mol. The van der Waals surface area contributed by atoms with Crippen molar-refractivity contribution in [2.45, 2.75) is 18.9 Å². The number of nitrogens with one attached hydrogen (secondary N) is 1. The molecule has 1 aliphatic rings. The zero-order chi connectivity index (χ0) is 18.6. The maximum Gasteiger partial charge on any atom is 0.258 e. The summed E-state index contributed by atoms with van der Waals surface area (Å²) in [5.74, 6) is -0.405. The molecule has 1 atom stereocenters. The van der Waals surface area contributed by atoms with Gasteiger partial charge in [-0.15, -0.1) is 0 Å². The highest BCUT2D eigenvalue weighted by Crippen LogP contribution is 2.20. The van der Waals surface area contributed by atoms with Crippen molar-refractivity contribution < 1.29 is 13.2 Å². The fraction of sp³-hybridized carbons (Fsp3) is 0.263. The van der Waals surface area contributed by atoms with Gasteiger partial charge in [-0.1, -0.05) is 60.7 Å². The van der Waals surface area contributed by atoms with Gasteiger partial charge in [0.25, 0.3) is 5.91 Å². The largest absolute Gasteiger partial charge is 0.271 e. The highest BCUT2D eigenvalue weighted by Gasteiger charge is 2.36. The van der Waals surface area contributed by atoms with Crippen LogP contribution in [-0.4, -0.2) is 43.2 Å². The zero-order valence-electron chi connectivity index (χ0n) is 14.5. The topological polar surface area (TPSA) is 78.8 Å². The van der Waals surface area contributed by atoms with Crippen LogP contribution in [0.25, 0.3) is 0 Å². The molecule has 6 nitrogen and oxygen atoms in total. The van der Waals surface area contributed by atoms with Crippen LogP contribution in [0.15, 0.2) is 65.8 Å². The van der Waals surface area contributed by atoms with E-state index in [-0.39, 0.29) is 0 Å². The molecule has 136 valence electrons. The van der Waals surface area contributed by atoms with E-state index in [9.17, 15) is 13.2 Å². The molecule has 0 unspecified atom stereocenters. The van der Waals surface area contributed by atoms with E-state index < -0.39 is 22.0 Å². The number of hydrazone groups is 1. The molecule has 1 heterocycles. The van der Waals surface area contributed by atoms with Crippen molar-refractivity contribution in [2.75, 3.05) is 12.8 Å². The molecule has 0 aromatic heterocycles. The monoisotopic (exact) mass is 371 g/mol. The minimum Gasteiger partial charge on any atom is -0.271 e. The quantitative estimate of drug-likeness (QED) is 0.645. The summed E-state index contributed by atoms with van der Waals surface area (Å²) in [6.45, 7) is 0.366. The van der Waals surface area contributed by atoms with E-state index >= 15 is 0 Å². The molecule has 0 spiro atoms. The molecule has 1 amide bonds. The second-order valence-electron chi connectivity index (χ2n) is 6.20. The van der Waals surface area contributed by atoms with Crippen molar-refractivity contribution in [3.63, 3.8) is 0 Å². The van der Waals surface area contributed by atoms with Gasteiger partial charge in [0.2, 0.25) is 10.0 Å². The number of nitrogens with zero attached hydrogens (tertiary/aromatic N) is 2. The smallest absolute Gasteiger partial charge is 0.258 e. The van der Waals surface area contributed by atoms with E-state index in [0.717, 1.165) is 17.4 Å². The molecule has 1 N–H and O–H groups in total. The van der Waals surface area contributed by atoms with Gasteiger partial charge in [-0.05, 0) is 12.8 Å². The van der Waals surface area contributed by atoms with Crippen molar-refractivity contribution in [1.82, 2.24) is 9.73 Å². The Balaban J connectivity index is 1.86. The number of rotatable bonds is 5. The molecule has 3 rings (SSSR count). The van der Waals surface area contributed by atoms with Crippen LogP contribution in [0.5, 0.6) is 0 Å². The van der Waals surface area contributed by atoms with E-state index in [1.165, 1.54) is 4.31 Å². The Morgan fingerprint density at radius 2 is 1.58 bits per heavy atom. The van der Waals surface area contributed by atoms with Crippen LogP contribution >= 0.6 is 0 Å². The third-order valence-corrected chi connectivity index (χ3v) is 5.59. The Hall–Kier alpha value is -2.51. The fourth-order valence-corrected chi connectivity index (χ4v) is 4.20. The van der Waals surface area contributed by atoms with Crippen LogP contribution in [0.4, 0.5) is 0 Å². The number of sulfonamides is 1. The minimum absolute atomic E-state index is 0.366. The van der Waals surface area contributed by atoms with Gasteiger partial charge >= 0.3 is 0 Å². The number of benzene rings is 2. The van der Waals surface area contributed by atoms with Crippen molar-refractivity contribution in [3.8, 4) is 0 Å². The maximum absolute atomic E-state index is 12.5. The lowest BCUT2D eigenvalue weighted by atomic mass is 10.0. The average Bonchev–Trinajstić information content (AvgIpc) is 3.14. The third-order valence-electron chi connectivity index (χ3n) is 4.30. The number of carbonyl (C=O) groups excluding carboxylic acids is 1. The van der Waals surface area contributed by atoms with Crippen LogP contribution in [0.2, 0.25) is 0 Å². The van der Waals surface area contributed by atoms with Crippen LogP contribution in [-0.2, 0) is 14.8 Å². The fourth-order valence-electron chi connectivity index (χ4n) is 3.07. The molecule has 1 fully saturated rings. The minimum atomic E-state index is -3.42. The van der Waals surface area contributed by atoms with Gasteiger partial charge in [0.1, 0.15) is 6.04 Å². The Labute approximate surface area is 153 Å². The number of carbonyl (C=O) groups is 1. The van der Waals surface area contributed by atoms with Crippen LogP contribution < -0.4 is 5.43 Å². The van der Waals surface area contributed by atoms with Crippen molar-refractivity contribution in [1.29, 1.82) is 0 Å². The van der Waals surface area contributed by atoms with Crippen LogP contribution in [0.1, 0.15) is 24.0 Å². The van der Waals surface area contributed by atoms with E-state index in [2.05, 4.69) is 10.5 Å². The van der Waals surface area contributed by atoms with Gasteiger partial charge in [0, 0.05) is 17.7 Å². The van der Waals surface area contributed by atoms with Gasteiger partial charge in [-0.3, -0.25) is 4.79 Å². The first kappa shape index (κ1) is 18.3. The molecule has 26 heavy (non-hydrogen) atoms.